The maximum atomic E-state index is 4.81. The monoisotopic (exact) mass is 265 g/mol. The van der Waals surface area contributed by atoms with Crippen LogP contribution in [0.1, 0.15) is 11.3 Å². The van der Waals surface area contributed by atoms with Gasteiger partial charge in [-0.15, -0.1) is 0 Å². The molecule has 20 heavy (non-hydrogen) atoms. The van der Waals surface area contributed by atoms with Crippen molar-refractivity contribution >= 4 is 5.65 Å². The van der Waals surface area contributed by atoms with E-state index < -0.39 is 0 Å². The van der Waals surface area contributed by atoms with Gasteiger partial charge in [-0.3, -0.25) is 0 Å². The molecule has 0 aliphatic rings. The molecule has 3 rings (SSSR count). The summed E-state index contributed by atoms with van der Waals surface area (Å²) in [4.78, 5) is 6.99. The van der Waals surface area contributed by atoms with E-state index in [1.54, 1.807) is 0 Å². The highest BCUT2D eigenvalue weighted by atomic mass is 15.1. The first-order valence-electron chi connectivity index (χ1n) is 6.83. The molecular formula is C17H19N3. The van der Waals surface area contributed by atoms with Crippen LogP contribution in [0.4, 0.5) is 0 Å². The molecule has 0 bridgehead atoms. The second-order valence-electron chi connectivity index (χ2n) is 5.45. The Morgan fingerprint density at radius 1 is 1.05 bits per heavy atom. The number of benzene rings is 1. The zero-order chi connectivity index (χ0) is 14.1. The van der Waals surface area contributed by atoms with E-state index in [9.17, 15) is 0 Å². The standard InChI is InChI=1S/C17H19N3/c1-13-9-10-16-18-17(14-7-5-4-6-8-14)15(12-19(2)3)20(16)11-13/h4-11H,12H2,1-3H3. The van der Waals surface area contributed by atoms with Crippen molar-refractivity contribution < 1.29 is 0 Å². The summed E-state index contributed by atoms with van der Waals surface area (Å²) in [5.74, 6) is 0. The molecule has 0 spiro atoms. The molecule has 102 valence electrons. The zero-order valence-electron chi connectivity index (χ0n) is 12.2. The summed E-state index contributed by atoms with van der Waals surface area (Å²) in [6.07, 6.45) is 2.16. The van der Waals surface area contributed by atoms with Crippen LogP contribution in [0.2, 0.25) is 0 Å². The van der Waals surface area contributed by atoms with Crippen molar-refractivity contribution in [2.45, 2.75) is 13.5 Å². The lowest BCUT2D eigenvalue weighted by Gasteiger charge is -2.11. The lowest BCUT2D eigenvalue weighted by atomic mass is 10.1. The van der Waals surface area contributed by atoms with E-state index >= 15 is 0 Å². The smallest absolute Gasteiger partial charge is 0.137 e. The number of aryl methyl sites for hydroxylation is 1. The number of hydrogen-bond donors (Lipinski definition) is 0. The predicted molar refractivity (Wildman–Crippen MR) is 82.8 cm³/mol. The lowest BCUT2D eigenvalue weighted by Crippen LogP contribution is -2.13. The van der Waals surface area contributed by atoms with Crippen molar-refractivity contribution in [3.63, 3.8) is 0 Å². The Hall–Kier alpha value is -2.13. The zero-order valence-corrected chi connectivity index (χ0v) is 12.2. The van der Waals surface area contributed by atoms with Gasteiger partial charge in [0.25, 0.3) is 0 Å². The maximum absolute atomic E-state index is 4.81. The van der Waals surface area contributed by atoms with Gasteiger partial charge in [0.05, 0.1) is 11.4 Å². The Morgan fingerprint density at radius 2 is 1.80 bits per heavy atom. The highest BCUT2D eigenvalue weighted by molar-refractivity contribution is 5.66. The van der Waals surface area contributed by atoms with E-state index in [1.165, 1.54) is 16.8 Å². The van der Waals surface area contributed by atoms with Gasteiger partial charge in [-0.1, -0.05) is 36.4 Å². The number of aromatic nitrogens is 2. The number of pyridine rings is 1. The van der Waals surface area contributed by atoms with E-state index in [0.29, 0.717) is 0 Å². The van der Waals surface area contributed by atoms with Gasteiger partial charge < -0.3 is 9.30 Å². The first kappa shape index (κ1) is 12.9. The van der Waals surface area contributed by atoms with Crippen molar-refractivity contribution in [2.75, 3.05) is 14.1 Å². The maximum Gasteiger partial charge on any atom is 0.137 e. The Balaban J connectivity index is 2.25. The van der Waals surface area contributed by atoms with Crippen LogP contribution in [-0.2, 0) is 6.54 Å². The average molecular weight is 265 g/mol. The third-order valence-corrected chi connectivity index (χ3v) is 3.38. The summed E-state index contributed by atoms with van der Waals surface area (Å²) >= 11 is 0. The molecule has 2 heterocycles. The van der Waals surface area contributed by atoms with Gasteiger partial charge in [-0.05, 0) is 32.6 Å². The molecule has 0 aliphatic heterocycles. The van der Waals surface area contributed by atoms with E-state index in [2.05, 4.69) is 72.9 Å². The quantitative estimate of drug-likeness (QED) is 0.723. The van der Waals surface area contributed by atoms with E-state index in [4.69, 9.17) is 4.98 Å². The minimum Gasteiger partial charge on any atom is -0.304 e. The van der Waals surface area contributed by atoms with Crippen LogP contribution >= 0.6 is 0 Å². The second-order valence-corrected chi connectivity index (χ2v) is 5.45. The normalized spacial score (nSPS) is 11.4. The lowest BCUT2D eigenvalue weighted by molar-refractivity contribution is 0.396. The molecule has 0 unspecified atom stereocenters. The molecule has 0 saturated heterocycles. The van der Waals surface area contributed by atoms with Crippen molar-refractivity contribution in [3.05, 3.63) is 59.9 Å². The van der Waals surface area contributed by atoms with E-state index in [1.807, 2.05) is 6.07 Å². The van der Waals surface area contributed by atoms with Crippen molar-refractivity contribution in [3.8, 4) is 11.3 Å². The highest BCUT2D eigenvalue weighted by Gasteiger charge is 2.14. The van der Waals surface area contributed by atoms with Gasteiger partial charge in [0, 0.05) is 18.3 Å². The molecule has 0 atom stereocenters. The summed E-state index contributed by atoms with van der Waals surface area (Å²) < 4.78 is 2.21. The first-order valence-corrected chi connectivity index (χ1v) is 6.83. The van der Waals surface area contributed by atoms with Crippen molar-refractivity contribution in [1.82, 2.24) is 14.3 Å². The van der Waals surface area contributed by atoms with Crippen LogP contribution in [0, 0.1) is 6.92 Å². The van der Waals surface area contributed by atoms with Crippen LogP contribution in [0.15, 0.2) is 48.7 Å². The third-order valence-electron chi connectivity index (χ3n) is 3.38. The topological polar surface area (TPSA) is 20.5 Å². The SMILES string of the molecule is Cc1ccc2nc(-c3ccccc3)c(CN(C)C)n2c1. The predicted octanol–water partition coefficient (Wildman–Crippen LogP) is 3.37. The van der Waals surface area contributed by atoms with Gasteiger partial charge in [0.2, 0.25) is 0 Å². The molecule has 1 aromatic carbocycles. The summed E-state index contributed by atoms with van der Waals surface area (Å²) in [5, 5.41) is 0. The minimum atomic E-state index is 0.870. The molecule has 3 aromatic rings. The average Bonchev–Trinajstić information content (AvgIpc) is 2.77. The van der Waals surface area contributed by atoms with Crippen LogP contribution < -0.4 is 0 Å². The summed E-state index contributed by atoms with van der Waals surface area (Å²) in [5.41, 5.74) is 5.73. The molecule has 2 aromatic heterocycles. The molecule has 0 aliphatic carbocycles. The molecule has 0 radical (unpaired) electrons. The number of nitrogens with zero attached hydrogens (tertiary/aromatic N) is 3. The molecule has 3 heteroatoms. The summed E-state index contributed by atoms with van der Waals surface area (Å²) in [7, 11) is 4.17. The second kappa shape index (κ2) is 5.10. The Kier molecular flexibility index (Phi) is 3.28. The molecular weight excluding hydrogens is 246 g/mol. The molecule has 0 N–H and O–H groups in total. The van der Waals surface area contributed by atoms with Gasteiger partial charge in [0.1, 0.15) is 5.65 Å². The van der Waals surface area contributed by atoms with Crippen molar-refractivity contribution in [2.24, 2.45) is 0 Å². The first-order chi connectivity index (χ1) is 9.65. The van der Waals surface area contributed by atoms with Gasteiger partial charge in [-0.25, -0.2) is 4.98 Å². The van der Waals surface area contributed by atoms with Crippen LogP contribution in [0.3, 0.4) is 0 Å². The number of fused-ring (bicyclic) bond motifs is 1. The largest absolute Gasteiger partial charge is 0.304 e. The van der Waals surface area contributed by atoms with Gasteiger partial charge >= 0.3 is 0 Å². The van der Waals surface area contributed by atoms with Crippen LogP contribution in [-0.4, -0.2) is 28.4 Å². The fraction of sp³-hybridized carbons (Fsp3) is 0.235. The third kappa shape index (κ3) is 2.32. The van der Waals surface area contributed by atoms with E-state index in [0.717, 1.165) is 17.9 Å². The van der Waals surface area contributed by atoms with Gasteiger partial charge in [-0.2, -0.15) is 0 Å². The molecule has 0 saturated carbocycles. The molecule has 0 fully saturated rings. The molecule has 0 amide bonds. The minimum absolute atomic E-state index is 0.870. The van der Waals surface area contributed by atoms with Gasteiger partial charge in [0.15, 0.2) is 0 Å². The van der Waals surface area contributed by atoms with Crippen LogP contribution in [0.25, 0.3) is 16.9 Å². The van der Waals surface area contributed by atoms with Crippen molar-refractivity contribution in [1.29, 1.82) is 0 Å². The Morgan fingerprint density at radius 3 is 2.50 bits per heavy atom. The summed E-state index contributed by atoms with van der Waals surface area (Å²) in [6, 6.07) is 14.6. The Bertz CT molecular complexity index is 727. The Labute approximate surface area is 119 Å². The van der Waals surface area contributed by atoms with E-state index in [-0.39, 0.29) is 0 Å². The molecule has 3 nitrogen and oxygen atoms in total. The highest BCUT2D eigenvalue weighted by Crippen LogP contribution is 2.25. The number of hydrogen-bond acceptors (Lipinski definition) is 2. The van der Waals surface area contributed by atoms with Crippen LogP contribution in [0.5, 0.6) is 0 Å². The number of rotatable bonds is 3. The fourth-order valence-electron chi connectivity index (χ4n) is 2.48. The number of imidazole rings is 1. The fourth-order valence-corrected chi connectivity index (χ4v) is 2.48. The summed E-state index contributed by atoms with van der Waals surface area (Å²) in [6.45, 7) is 2.98.